The van der Waals surface area contributed by atoms with Crippen molar-refractivity contribution in [1.82, 2.24) is 10.6 Å². The van der Waals surface area contributed by atoms with Gasteiger partial charge in [0.1, 0.15) is 5.75 Å². The van der Waals surface area contributed by atoms with Crippen LogP contribution in [0.5, 0.6) is 17.2 Å². The summed E-state index contributed by atoms with van der Waals surface area (Å²) in [7, 11) is 0. The minimum Gasteiger partial charge on any atom is -0.493 e. The van der Waals surface area contributed by atoms with Crippen LogP contribution in [-0.2, 0) is 4.79 Å². The predicted molar refractivity (Wildman–Crippen MR) is 125 cm³/mol. The highest BCUT2D eigenvalue weighted by Gasteiger charge is 2.16. The number of benzene rings is 2. The van der Waals surface area contributed by atoms with E-state index in [4.69, 9.17) is 14.2 Å². The molecular formula is C25H34N2O5. The summed E-state index contributed by atoms with van der Waals surface area (Å²) in [6, 6.07) is 12.4. The number of carbonyl (C=O) groups is 2. The Kier molecular flexibility index (Phi) is 10.4. The third kappa shape index (κ3) is 7.48. The molecule has 0 saturated carbocycles. The molecule has 0 bridgehead atoms. The second-order valence-corrected chi connectivity index (χ2v) is 7.30. The molecule has 2 N–H and O–H groups in total. The molecule has 0 aliphatic heterocycles. The van der Waals surface area contributed by atoms with E-state index in [-0.39, 0.29) is 24.4 Å². The summed E-state index contributed by atoms with van der Waals surface area (Å²) in [6.45, 7) is 9.34. The van der Waals surface area contributed by atoms with Crippen molar-refractivity contribution in [1.29, 1.82) is 0 Å². The molecule has 2 rings (SSSR count). The standard InChI is InChI=1S/C25H34N2O5/c1-5-14-31-22-13-12-19(16-23(22)32-15-6-2)18(4)27-24(28)17-26-25(29)20-10-8-9-11-21(20)30-7-3/h8-13,16,18H,5-7,14-15,17H2,1-4H3,(H,26,29)(H,27,28). The number of para-hydroxylation sites is 1. The molecule has 0 heterocycles. The minimum atomic E-state index is -0.357. The zero-order valence-electron chi connectivity index (χ0n) is 19.4. The largest absolute Gasteiger partial charge is 0.493 e. The van der Waals surface area contributed by atoms with Crippen LogP contribution in [0.15, 0.2) is 42.5 Å². The Morgan fingerprint density at radius 1 is 0.875 bits per heavy atom. The Bertz CT molecular complexity index is 884. The van der Waals surface area contributed by atoms with Gasteiger partial charge in [-0.1, -0.05) is 32.0 Å². The summed E-state index contributed by atoms with van der Waals surface area (Å²) in [6.07, 6.45) is 1.79. The van der Waals surface area contributed by atoms with E-state index in [1.165, 1.54) is 0 Å². The Labute approximate surface area is 190 Å². The molecule has 2 amide bonds. The molecule has 0 radical (unpaired) electrons. The van der Waals surface area contributed by atoms with Crippen LogP contribution in [-0.4, -0.2) is 38.2 Å². The second-order valence-electron chi connectivity index (χ2n) is 7.30. The van der Waals surface area contributed by atoms with Crippen LogP contribution in [0, 0.1) is 0 Å². The van der Waals surface area contributed by atoms with Gasteiger partial charge in [-0.3, -0.25) is 9.59 Å². The number of nitrogens with one attached hydrogen (secondary N) is 2. The molecule has 1 atom stereocenters. The van der Waals surface area contributed by atoms with Crippen molar-refractivity contribution in [3.05, 3.63) is 53.6 Å². The summed E-state index contributed by atoms with van der Waals surface area (Å²) in [5.41, 5.74) is 1.29. The third-order valence-electron chi connectivity index (χ3n) is 4.61. The van der Waals surface area contributed by atoms with Gasteiger partial charge in [0.2, 0.25) is 5.91 Å². The van der Waals surface area contributed by atoms with Crippen molar-refractivity contribution in [3.63, 3.8) is 0 Å². The number of amides is 2. The fourth-order valence-electron chi connectivity index (χ4n) is 3.02. The van der Waals surface area contributed by atoms with Crippen LogP contribution in [0.25, 0.3) is 0 Å². The molecule has 174 valence electrons. The minimum absolute atomic E-state index is 0.138. The summed E-state index contributed by atoms with van der Waals surface area (Å²) in [5, 5.41) is 5.56. The maximum Gasteiger partial charge on any atom is 0.255 e. The fourth-order valence-corrected chi connectivity index (χ4v) is 3.02. The molecular weight excluding hydrogens is 408 g/mol. The molecule has 0 fully saturated rings. The molecule has 0 aromatic heterocycles. The first-order chi connectivity index (χ1) is 15.5. The van der Waals surface area contributed by atoms with E-state index in [2.05, 4.69) is 10.6 Å². The molecule has 0 spiro atoms. The van der Waals surface area contributed by atoms with Gasteiger partial charge in [0.15, 0.2) is 11.5 Å². The van der Waals surface area contributed by atoms with Gasteiger partial charge in [0, 0.05) is 0 Å². The number of hydrogen-bond donors (Lipinski definition) is 2. The van der Waals surface area contributed by atoms with Gasteiger partial charge < -0.3 is 24.8 Å². The van der Waals surface area contributed by atoms with Gasteiger partial charge in [-0.15, -0.1) is 0 Å². The number of carbonyl (C=O) groups excluding carboxylic acids is 2. The molecule has 2 aromatic carbocycles. The number of hydrogen-bond acceptors (Lipinski definition) is 5. The first-order valence-electron chi connectivity index (χ1n) is 11.2. The second kappa shape index (κ2) is 13.2. The molecule has 0 aliphatic rings. The van der Waals surface area contributed by atoms with E-state index in [9.17, 15) is 9.59 Å². The smallest absolute Gasteiger partial charge is 0.255 e. The van der Waals surface area contributed by atoms with Crippen molar-refractivity contribution in [2.45, 2.75) is 46.6 Å². The maximum absolute atomic E-state index is 12.5. The van der Waals surface area contributed by atoms with Crippen molar-refractivity contribution in [2.75, 3.05) is 26.4 Å². The number of rotatable bonds is 13. The highest BCUT2D eigenvalue weighted by atomic mass is 16.5. The predicted octanol–water partition coefficient (Wildman–Crippen LogP) is 4.27. The molecule has 7 heteroatoms. The van der Waals surface area contributed by atoms with E-state index in [1.807, 2.05) is 45.9 Å². The van der Waals surface area contributed by atoms with E-state index < -0.39 is 0 Å². The van der Waals surface area contributed by atoms with Gasteiger partial charge in [-0.25, -0.2) is 0 Å². The van der Waals surface area contributed by atoms with E-state index in [0.29, 0.717) is 42.6 Å². The summed E-state index contributed by atoms with van der Waals surface area (Å²) < 4.78 is 17.1. The van der Waals surface area contributed by atoms with Gasteiger partial charge in [-0.05, 0) is 56.5 Å². The van der Waals surface area contributed by atoms with Crippen LogP contribution < -0.4 is 24.8 Å². The zero-order chi connectivity index (χ0) is 23.3. The highest BCUT2D eigenvalue weighted by molar-refractivity contribution is 5.98. The quantitative estimate of drug-likeness (QED) is 0.484. The Hall–Kier alpha value is -3.22. The maximum atomic E-state index is 12.5. The first-order valence-corrected chi connectivity index (χ1v) is 11.2. The Balaban J connectivity index is 1.97. The molecule has 1 unspecified atom stereocenters. The number of ether oxygens (including phenoxy) is 3. The lowest BCUT2D eigenvalue weighted by Gasteiger charge is -2.18. The molecule has 2 aromatic rings. The van der Waals surface area contributed by atoms with Gasteiger partial charge >= 0.3 is 0 Å². The molecule has 0 saturated heterocycles. The SMILES string of the molecule is CCCOc1ccc(C(C)NC(=O)CNC(=O)c2ccccc2OCC)cc1OCCC. The van der Waals surface area contributed by atoms with Crippen molar-refractivity contribution in [3.8, 4) is 17.2 Å². The van der Waals surface area contributed by atoms with Crippen LogP contribution >= 0.6 is 0 Å². The van der Waals surface area contributed by atoms with E-state index in [0.717, 1.165) is 18.4 Å². The van der Waals surface area contributed by atoms with Gasteiger partial charge in [0.25, 0.3) is 5.91 Å². The van der Waals surface area contributed by atoms with Crippen LogP contribution in [0.4, 0.5) is 0 Å². The normalized spacial score (nSPS) is 11.4. The summed E-state index contributed by atoms with van der Waals surface area (Å²) in [5.74, 6) is 1.21. The average Bonchev–Trinajstić information content (AvgIpc) is 2.80. The Morgan fingerprint density at radius 2 is 1.56 bits per heavy atom. The van der Waals surface area contributed by atoms with Crippen LogP contribution in [0.3, 0.4) is 0 Å². The van der Waals surface area contributed by atoms with Crippen molar-refractivity contribution >= 4 is 11.8 Å². The highest BCUT2D eigenvalue weighted by Crippen LogP contribution is 2.31. The lowest BCUT2D eigenvalue weighted by molar-refractivity contribution is -0.120. The third-order valence-corrected chi connectivity index (χ3v) is 4.61. The lowest BCUT2D eigenvalue weighted by Crippen LogP contribution is -2.38. The topological polar surface area (TPSA) is 85.9 Å². The van der Waals surface area contributed by atoms with Crippen LogP contribution in [0.1, 0.15) is 62.5 Å². The molecule has 7 nitrogen and oxygen atoms in total. The average molecular weight is 443 g/mol. The van der Waals surface area contributed by atoms with Crippen molar-refractivity contribution in [2.24, 2.45) is 0 Å². The monoisotopic (exact) mass is 442 g/mol. The zero-order valence-corrected chi connectivity index (χ0v) is 19.4. The molecule has 32 heavy (non-hydrogen) atoms. The summed E-state index contributed by atoms with van der Waals surface area (Å²) in [4.78, 5) is 24.9. The van der Waals surface area contributed by atoms with Gasteiger partial charge in [0.05, 0.1) is 38.0 Å². The van der Waals surface area contributed by atoms with E-state index >= 15 is 0 Å². The lowest BCUT2D eigenvalue weighted by atomic mass is 10.1. The van der Waals surface area contributed by atoms with Crippen LogP contribution in [0.2, 0.25) is 0 Å². The Morgan fingerprint density at radius 3 is 2.25 bits per heavy atom. The summed E-state index contributed by atoms with van der Waals surface area (Å²) >= 11 is 0. The first kappa shape index (κ1) is 25.0. The van der Waals surface area contributed by atoms with E-state index in [1.54, 1.807) is 24.3 Å². The molecule has 0 aliphatic carbocycles. The van der Waals surface area contributed by atoms with Gasteiger partial charge in [-0.2, -0.15) is 0 Å². The fraction of sp³-hybridized carbons (Fsp3) is 0.440. The van der Waals surface area contributed by atoms with Crippen molar-refractivity contribution < 1.29 is 23.8 Å².